The minimum Gasteiger partial charge on any atom is -0.493 e. The summed E-state index contributed by atoms with van der Waals surface area (Å²) in [6, 6.07) is 3.69. The van der Waals surface area contributed by atoms with Crippen molar-refractivity contribution in [1.82, 2.24) is 0 Å². The number of halogens is 4. The Bertz CT molecular complexity index is 432. The molecule has 0 aromatic heterocycles. The number of methoxy groups -OCH3 is 1. The van der Waals surface area contributed by atoms with Gasteiger partial charge in [0.25, 0.3) is 0 Å². The molecule has 100 valence electrons. The molecular formula is C11H10BrF3O3. The van der Waals surface area contributed by atoms with E-state index in [9.17, 15) is 18.0 Å². The van der Waals surface area contributed by atoms with Crippen molar-refractivity contribution >= 4 is 21.7 Å². The van der Waals surface area contributed by atoms with Gasteiger partial charge in [0.05, 0.1) is 7.11 Å². The highest BCUT2D eigenvalue weighted by Gasteiger charge is 2.32. The Hall–Kier alpha value is -1.24. The number of hydrogen-bond donors (Lipinski definition) is 0. The number of alkyl halides is 4. The molecule has 0 unspecified atom stereocenters. The number of Topliss-reactive ketones (excluding diaryl/α,β-unsaturated/α-hetero) is 1. The summed E-state index contributed by atoms with van der Waals surface area (Å²) < 4.78 is 45.0. The van der Waals surface area contributed by atoms with Gasteiger partial charge in [-0.2, -0.15) is 0 Å². The highest BCUT2D eigenvalue weighted by atomic mass is 79.9. The van der Waals surface area contributed by atoms with Crippen molar-refractivity contribution < 1.29 is 27.4 Å². The van der Waals surface area contributed by atoms with Crippen molar-refractivity contribution in [3.8, 4) is 11.5 Å². The summed E-state index contributed by atoms with van der Waals surface area (Å²) in [6.07, 6.45) is -4.64. The number of carbonyl (C=O) groups excluding carboxylic acids is 1. The van der Waals surface area contributed by atoms with Crippen molar-refractivity contribution in [3.63, 3.8) is 0 Å². The second kappa shape index (κ2) is 6.08. The van der Waals surface area contributed by atoms with Crippen molar-refractivity contribution in [2.75, 3.05) is 12.4 Å². The zero-order chi connectivity index (χ0) is 13.8. The molecule has 1 aromatic carbocycles. The molecule has 0 bridgehead atoms. The van der Waals surface area contributed by atoms with Gasteiger partial charge in [-0.1, -0.05) is 15.9 Å². The molecule has 0 fully saturated rings. The second-order valence-electron chi connectivity index (χ2n) is 3.28. The van der Waals surface area contributed by atoms with Crippen LogP contribution in [0.2, 0.25) is 0 Å². The van der Waals surface area contributed by atoms with Crippen LogP contribution in [0, 0.1) is 0 Å². The van der Waals surface area contributed by atoms with E-state index in [0.29, 0.717) is 5.33 Å². The zero-order valence-corrected chi connectivity index (χ0v) is 11.0. The van der Waals surface area contributed by atoms with Gasteiger partial charge in [0.2, 0.25) is 0 Å². The molecule has 0 spiro atoms. The Morgan fingerprint density at radius 1 is 1.33 bits per heavy atom. The lowest BCUT2D eigenvalue weighted by Gasteiger charge is -2.13. The first-order valence-corrected chi connectivity index (χ1v) is 6.02. The molecule has 0 radical (unpaired) electrons. The van der Waals surface area contributed by atoms with Crippen molar-refractivity contribution in [1.29, 1.82) is 0 Å². The highest BCUT2D eigenvalue weighted by molar-refractivity contribution is 9.09. The molecular weight excluding hydrogens is 317 g/mol. The number of ketones is 1. The monoisotopic (exact) mass is 326 g/mol. The van der Waals surface area contributed by atoms with Crippen LogP contribution in [-0.4, -0.2) is 24.6 Å². The highest BCUT2D eigenvalue weighted by Crippen LogP contribution is 2.33. The molecule has 0 amide bonds. The first kappa shape index (κ1) is 14.8. The average Bonchev–Trinajstić information content (AvgIpc) is 2.27. The first-order chi connectivity index (χ1) is 8.37. The molecule has 0 aliphatic rings. The lowest BCUT2D eigenvalue weighted by atomic mass is 10.1. The van der Waals surface area contributed by atoms with Gasteiger partial charge in [-0.3, -0.25) is 4.79 Å². The fraction of sp³-hybridized carbons (Fsp3) is 0.364. The van der Waals surface area contributed by atoms with Gasteiger partial charge in [0, 0.05) is 17.3 Å². The van der Waals surface area contributed by atoms with Gasteiger partial charge < -0.3 is 9.47 Å². The summed E-state index contributed by atoms with van der Waals surface area (Å²) in [6.45, 7) is 0. The normalized spacial score (nSPS) is 11.2. The minimum atomic E-state index is -4.83. The Balaban J connectivity index is 3.05. The van der Waals surface area contributed by atoms with Crippen molar-refractivity contribution in [2.24, 2.45) is 0 Å². The molecule has 1 aromatic rings. The Morgan fingerprint density at radius 2 is 2.00 bits per heavy atom. The summed E-state index contributed by atoms with van der Waals surface area (Å²) in [5.74, 6) is -0.880. The molecule has 0 atom stereocenters. The number of ether oxygens (including phenoxy) is 2. The lowest BCUT2D eigenvalue weighted by molar-refractivity contribution is -0.275. The molecule has 0 saturated carbocycles. The third-order valence-electron chi connectivity index (χ3n) is 2.03. The molecule has 0 heterocycles. The van der Waals surface area contributed by atoms with Crippen LogP contribution in [0.3, 0.4) is 0 Å². The molecule has 0 saturated heterocycles. The van der Waals surface area contributed by atoms with E-state index in [0.717, 1.165) is 6.07 Å². The van der Waals surface area contributed by atoms with Crippen molar-refractivity contribution in [3.05, 3.63) is 23.8 Å². The maximum atomic E-state index is 12.2. The predicted octanol–water partition coefficient (Wildman–Crippen LogP) is 3.56. The average molecular weight is 327 g/mol. The molecule has 0 aliphatic heterocycles. The summed E-state index contributed by atoms with van der Waals surface area (Å²) in [7, 11) is 1.22. The third-order valence-corrected chi connectivity index (χ3v) is 2.43. The van der Waals surface area contributed by atoms with Crippen LogP contribution in [0.1, 0.15) is 16.8 Å². The quantitative estimate of drug-likeness (QED) is 0.613. The number of carbonyl (C=O) groups is 1. The smallest absolute Gasteiger partial charge is 0.493 e. The summed E-state index contributed by atoms with van der Waals surface area (Å²) in [4.78, 5) is 11.6. The van der Waals surface area contributed by atoms with Gasteiger partial charge >= 0.3 is 6.36 Å². The SMILES string of the molecule is COc1ccc(C(=O)CCBr)cc1OC(F)(F)F. The lowest BCUT2D eigenvalue weighted by Crippen LogP contribution is -2.18. The van der Waals surface area contributed by atoms with Crippen LogP contribution >= 0.6 is 15.9 Å². The Morgan fingerprint density at radius 3 is 2.50 bits per heavy atom. The maximum absolute atomic E-state index is 12.2. The predicted molar refractivity (Wildman–Crippen MR) is 62.4 cm³/mol. The number of benzene rings is 1. The summed E-state index contributed by atoms with van der Waals surface area (Å²) >= 11 is 3.09. The van der Waals surface area contributed by atoms with Crippen LogP contribution in [0.15, 0.2) is 18.2 Å². The van der Waals surface area contributed by atoms with Gasteiger partial charge in [-0.25, -0.2) is 0 Å². The Labute approximate surface area is 110 Å². The second-order valence-corrected chi connectivity index (χ2v) is 4.07. The largest absolute Gasteiger partial charge is 0.573 e. The van der Waals surface area contributed by atoms with Crippen LogP contribution in [0.4, 0.5) is 13.2 Å². The van der Waals surface area contributed by atoms with Gasteiger partial charge in [0.1, 0.15) is 0 Å². The van der Waals surface area contributed by atoms with Crippen LogP contribution < -0.4 is 9.47 Å². The Kier molecular flexibility index (Phi) is 5.01. The summed E-state index contributed by atoms with van der Waals surface area (Å²) in [5, 5.41) is 0.438. The van der Waals surface area contributed by atoms with E-state index in [1.165, 1.54) is 19.2 Å². The van der Waals surface area contributed by atoms with Gasteiger partial charge in [-0.05, 0) is 18.2 Å². The molecule has 7 heteroatoms. The molecule has 0 N–H and O–H groups in total. The van der Waals surface area contributed by atoms with E-state index < -0.39 is 12.1 Å². The van der Waals surface area contributed by atoms with Gasteiger partial charge in [-0.15, -0.1) is 13.2 Å². The van der Waals surface area contributed by atoms with Crippen LogP contribution in [0.5, 0.6) is 11.5 Å². The van der Waals surface area contributed by atoms with Crippen LogP contribution in [0.25, 0.3) is 0 Å². The first-order valence-electron chi connectivity index (χ1n) is 4.90. The van der Waals surface area contributed by atoms with E-state index in [-0.39, 0.29) is 23.5 Å². The van der Waals surface area contributed by atoms with E-state index in [2.05, 4.69) is 20.7 Å². The standard InChI is InChI=1S/C11H10BrF3O3/c1-17-9-3-2-7(8(16)4-5-12)6-10(9)18-11(13,14)15/h2-3,6H,4-5H2,1H3. The van der Waals surface area contributed by atoms with Gasteiger partial charge in [0.15, 0.2) is 17.3 Å². The summed E-state index contributed by atoms with van der Waals surface area (Å²) in [5.41, 5.74) is 0.148. The van der Waals surface area contributed by atoms with Crippen LogP contribution in [-0.2, 0) is 0 Å². The zero-order valence-electron chi connectivity index (χ0n) is 9.38. The number of rotatable bonds is 5. The van der Waals surface area contributed by atoms with Crippen molar-refractivity contribution in [2.45, 2.75) is 12.8 Å². The molecule has 1 rings (SSSR count). The maximum Gasteiger partial charge on any atom is 0.573 e. The fourth-order valence-corrected chi connectivity index (χ4v) is 1.64. The molecule has 0 aliphatic carbocycles. The van der Waals surface area contributed by atoms with E-state index in [4.69, 9.17) is 4.74 Å². The van der Waals surface area contributed by atoms with E-state index in [1.54, 1.807) is 0 Å². The minimum absolute atomic E-state index is 0.0808. The topological polar surface area (TPSA) is 35.5 Å². The number of hydrogen-bond acceptors (Lipinski definition) is 3. The third kappa shape index (κ3) is 4.21. The van der Waals surface area contributed by atoms with E-state index in [1.807, 2.05) is 0 Å². The molecule has 3 nitrogen and oxygen atoms in total. The fourth-order valence-electron chi connectivity index (χ4n) is 1.28. The molecule has 18 heavy (non-hydrogen) atoms. The van der Waals surface area contributed by atoms with E-state index >= 15 is 0 Å².